The second kappa shape index (κ2) is 7.95. The number of nitrogens with zero attached hydrogens (tertiary/aromatic N) is 2. The van der Waals surface area contributed by atoms with Crippen LogP contribution in [0.5, 0.6) is 0 Å². The first kappa shape index (κ1) is 19.0. The molecule has 2 aliphatic rings. The highest BCUT2D eigenvalue weighted by atomic mass is 16.5. The first-order chi connectivity index (χ1) is 13.5. The Morgan fingerprint density at radius 2 is 1.93 bits per heavy atom. The summed E-state index contributed by atoms with van der Waals surface area (Å²) in [6.45, 7) is 8.04. The van der Waals surface area contributed by atoms with Crippen LogP contribution >= 0.6 is 0 Å². The number of aryl methyl sites for hydroxylation is 1. The molecule has 2 fully saturated rings. The molecule has 0 spiro atoms. The van der Waals surface area contributed by atoms with E-state index in [0.29, 0.717) is 18.8 Å². The Morgan fingerprint density at radius 3 is 2.57 bits per heavy atom. The predicted molar refractivity (Wildman–Crippen MR) is 109 cm³/mol. The summed E-state index contributed by atoms with van der Waals surface area (Å²) in [7, 11) is 0. The van der Waals surface area contributed by atoms with E-state index in [1.807, 2.05) is 18.2 Å². The lowest BCUT2D eigenvalue weighted by molar-refractivity contribution is -0.116. The van der Waals surface area contributed by atoms with Crippen LogP contribution in [0.2, 0.25) is 0 Å². The minimum absolute atomic E-state index is 0.0269. The van der Waals surface area contributed by atoms with Gasteiger partial charge in [-0.3, -0.25) is 4.79 Å². The number of aromatic nitrogens is 1. The third-order valence-electron chi connectivity index (χ3n) is 5.53. The minimum Gasteiger partial charge on any atom is -0.466 e. The zero-order valence-electron chi connectivity index (χ0n) is 16.9. The monoisotopic (exact) mass is 383 g/mol. The Labute approximate surface area is 166 Å². The zero-order chi connectivity index (χ0) is 19.7. The molecule has 0 bridgehead atoms. The van der Waals surface area contributed by atoms with E-state index in [9.17, 15) is 4.79 Å². The number of nitrogens with one attached hydrogen (secondary N) is 1. The van der Waals surface area contributed by atoms with E-state index in [-0.39, 0.29) is 18.1 Å². The second-order valence-electron chi connectivity index (χ2n) is 8.24. The van der Waals surface area contributed by atoms with Gasteiger partial charge in [-0.1, -0.05) is 6.92 Å². The van der Waals surface area contributed by atoms with Crippen LogP contribution in [0.25, 0.3) is 0 Å². The summed E-state index contributed by atoms with van der Waals surface area (Å²) in [5.74, 6) is 4.13. The summed E-state index contributed by atoms with van der Waals surface area (Å²) >= 11 is 0. The zero-order valence-corrected chi connectivity index (χ0v) is 16.9. The molecule has 1 aliphatic heterocycles. The number of amides is 1. The normalized spacial score (nSPS) is 26.9. The van der Waals surface area contributed by atoms with Crippen LogP contribution < -0.4 is 10.2 Å². The van der Waals surface area contributed by atoms with Gasteiger partial charge in [-0.05, 0) is 50.5 Å². The first-order valence-corrected chi connectivity index (χ1v) is 10.2. The van der Waals surface area contributed by atoms with Crippen LogP contribution in [-0.4, -0.2) is 36.2 Å². The Morgan fingerprint density at radius 1 is 1.18 bits per heavy atom. The third-order valence-corrected chi connectivity index (χ3v) is 5.53. The highest BCUT2D eigenvalue weighted by Gasteiger charge is 2.36. The largest absolute Gasteiger partial charge is 0.466 e. The highest BCUT2D eigenvalue weighted by molar-refractivity contribution is 5.90. The second-order valence-corrected chi connectivity index (χ2v) is 8.24. The number of rotatable bonds is 6. The van der Waals surface area contributed by atoms with E-state index < -0.39 is 0 Å². The topological polar surface area (TPSA) is 67.6 Å². The molecule has 4 unspecified atom stereocenters. The van der Waals surface area contributed by atoms with E-state index in [4.69, 9.17) is 9.15 Å². The van der Waals surface area contributed by atoms with Crippen molar-refractivity contribution < 1.29 is 13.9 Å². The number of hydrogen-bond donors (Lipinski definition) is 1. The summed E-state index contributed by atoms with van der Waals surface area (Å²) in [5, 5.41) is 2.92. The van der Waals surface area contributed by atoms with Gasteiger partial charge in [0.25, 0.3) is 0 Å². The van der Waals surface area contributed by atoms with Crippen molar-refractivity contribution in [3.8, 4) is 0 Å². The molecule has 0 aromatic carbocycles. The number of anilines is 2. The van der Waals surface area contributed by atoms with E-state index >= 15 is 0 Å². The number of carbonyl (C=O) groups excluding carboxylic acids is 1. The van der Waals surface area contributed by atoms with E-state index in [1.54, 1.807) is 6.20 Å². The van der Waals surface area contributed by atoms with Crippen molar-refractivity contribution in [1.29, 1.82) is 0 Å². The Balaban J connectivity index is 1.27. The lowest BCUT2D eigenvalue weighted by atomic mass is 10.2. The minimum atomic E-state index is -0.0269. The molecule has 6 nitrogen and oxygen atoms in total. The van der Waals surface area contributed by atoms with Gasteiger partial charge in [0.05, 0.1) is 24.1 Å². The Bertz CT molecular complexity index is 807. The number of ether oxygens (including phenoxy) is 1. The van der Waals surface area contributed by atoms with Crippen LogP contribution in [0.3, 0.4) is 0 Å². The molecule has 1 saturated heterocycles. The van der Waals surface area contributed by atoms with Crippen molar-refractivity contribution in [2.75, 3.05) is 23.3 Å². The molecular formula is C22H29N3O3. The van der Waals surface area contributed by atoms with Crippen LogP contribution in [0.4, 0.5) is 11.5 Å². The maximum absolute atomic E-state index is 12.3. The summed E-state index contributed by atoms with van der Waals surface area (Å²) in [4.78, 5) is 19.0. The summed E-state index contributed by atoms with van der Waals surface area (Å²) in [6.07, 6.45) is 4.32. The average Bonchev–Trinajstić information content (AvgIpc) is 3.20. The number of hydrogen-bond acceptors (Lipinski definition) is 5. The average molecular weight is 383 g/mol. The van der Waals surface area contributed by atoms with Gasteiger partial charge in [0.15, 0.2) is 0 Å². The fraction of sp³-hybridized carbons (Fsp3) is 0.545. The standard InChI is InChI=1S/C22H29N3O3/c1-14-10-19(14)20-7-5-18(28-20)6-9-22(26)24-17-4-8-21(23-11-17)25-12-15(2)27-16(3)13-25/h4-5,7-8,11,14-16,19H,6,9-10,12-13H2,1-3H3,(H,24,26). The van der Waals surface area contributed by atoms with Crippen molar-refractivity contribution >= 4 is 17.4 Å². The van der Waals surface area contributed by atoms with Crippen molar-refractivity contribution in [3.05, 3.63) is 42.0 Å². The molecule has 1 N–H and O–H groups in total. The van der Waals surface area contributed by atoms with Crippen molar-refractivity contribution in [3.63, 3.8) is 0 Å². The van der Waals surface area contributed by atoms with Gasteiger partial charge in [0.2, 0.25) is 5.91 Å². The molecule has 4 rings (SSSR count). The summed E-state index contributed by atoms with van der Waals surface area (Å²) < 4.78 is 11.6. The van der Waals surface area contributed by atoms with Crippen LogP contribution in [0.15, 0.2) is 34.9 Å². The quantitative estimate of drug-likeness (QED) is 0.817. The first-order valence-electron chi connectivity index (χ1n) is 10.2. The van der Waals surface area contributed by atoms with Crippen molar-refractivity contribution in [1.82, 2.24) is 4.98 Å². The number of carbonyl (C=O) groups is 1. The van der Waals surface area contributed by atoms with Gasteiger partial charge in [-0.2, -0.15) is 0 Å². The molecule has 3 heterocycles. The summed E-state index contributed by atoms with van der Waals surface area (Å²) in [6, 6.07) is 7.91. The van der Waals surface area contributed by atoms with Gasteiger partial charge in [0, 0.05) is 31.8 Å². The molecule has 28 heavy (non-hydrogen) atoms. The molecule has 6 heteroatoms. The van der Waals surface area contributed by atoms with E-state index in [2.05, 4.69) is 42.0 Å². The lowest BCUT2D eigenvalue weighted by Crippen LogP contribution is -2.45. The van der Waals surface area contributed by atoms with Crippen LogP contribution in [0, 0.1) is 5.92 Å². The fourth-order valence-electron chi connectivity index (χ4n) is 3.92. The Hall–Kier alpha value is -2.34. The maximum atomic E-state index is 12.3. The van der Waals surface area contributed by atoms with Crippen LogP contribution in [-0.2, 0) is 16.0 Å². The van der Waals surface area contributed by atoms with Crippen LogP contribution in [0.1, 0.15) is 51.1 Å². The molecule has 0 radical (unpaired) electrons. The van der Waals surface area contributed by atoms with Gasteiger partial charge < -0.3 is 19.4 Å². The maximum Gasteiger partial charge on any atom is 0.224 e. The number of morpholine rings is 1. The predicted octanol–water partition coefficient (Wildman–Crippen LogP) is 3.98. The molecule has 1 aliphatic carbocycles. The fourth-order valence-corrected chi connectivity index (χ4v) is 3.92. The summed E-state index contributed by atoms with van der Waals surface area (Å²) in [5.41, 5.74) is 0.718. The van der Waals surface area contributed by atoms with E-state index in [1.165, 1.54) is 6.42 Å². The van der Waals surface area contributed by atoms with Gasteiger partial charge in [0.1, 0.15) is 17.3 Å². The Kier molecular flexibility index (Phi) is 5.40. The van der Waals surface area contributed by atoms with Crippen molar-refractivity contribution in [2.45, 2.75) is 58.2 Å². The molecule has 1 amide bonds. The highest BCUT2D eigenvalue weighted by Crippen LogP contribution is 2.47. The number of furan rings is 1. The molecule has 2 aromatic rings. The van der Waals surface area contributed by atoms with Crippen molar-refractivity contribution in [2.24, 2.45) is 5.92 Å². The number of pyridine rings is 1. The molecule has 150 valence electrons. The smallest absolute Gasteiger partial charge is 0.224 e. The SMILES string of the molecule is CC1CN(c2ccc(NC(=O)CCc3ccc(C4CC4C)o3)cn2)CC(C)O1. The molecule has 4 atom stereocenters. The molecule has 2 aromatic heterocycles. The third kappa shape index (κ3) is 4.55. The van der Waals surface area contributed by atoms with Gasteiger partial charge in [-0.15, -0.1) is 0 Å². The lowest BCUT2D eigenvalue weighted by Gasteiger charge is -2.36. The van der Waals surface area contributed by atoms with Gasteiger partial charge >= 0.3 is 0 Å². The van der Waals surface area contributed by atoms with E-state index in [0.717, 1.165) is 42.0 Å². The molecule has 1 saturated carbocycles. The van der Waals surface area contributed by atoms with Gasteiger partial charge in [-0.25, -0.2) is 4.98 Å². The molecular weight excluding hydrogens is 354 g/mol.